The molecule has 0 aliphatic rings. The molecular formula is C15H14F3NO3S. The van der Waals surface area contributed by atoms with Crippen LogP contribution in [0, 0.1) is 17.5 Å². The number of methoxy groups -OCH3 is 1. The summed E-state index contributed by atoms with van der Waals surface area (Å²) in [6.07, 6.45) is 0. The second-order valence-electron chi connectivity index (χ2n) is 4.79. The summed E-state index contributed by atoms with van der Waals surface area (Å²) in [6.45, 7) is -0.0853. The smallest absolute Gasteiger partial charge is 0.246 e. The SMILES string of the molecule is COc1cccc(CN(C)S(=O)(=O)c2ccc(F)c(F)c2F)c1. The molecule has 0 saturated heterocycles. The van der Waals surface area contributed by atoms with E-state index >= 15 is 0 Å². The maximum atomic E-state index is 13.7. The van der Waals surface area contributed by atoms with Crippen LogP contribution in [-0.2, 0) is 16.6 Å². The molecule has 2 rings (SSSR count). The molecule has 4 nitrogen and oxygen atoms in total. The van der Waals surface area contributed by atoms with E-state index in [1.807, 2.05) is 0 Å². The molecule has 0 fully saturated rings. The van der Waals surface area contributed by atoms with Gasteiger partial charge >= 0.3 is 0 Å². The first kappa shape index (κ1) is 17.3. The Kier molecular flexibility index (Phi) is 4.96. The number of hydrogen-bond donors (Lipinski definition) is 0. The normalized spacial score (nSPS) is 11.7. The highest BCUT2D eigenvalue weighted by Crippen LogP contribution is 2.24. The molecule has 0 saturated carbocycles. The van der Waals surface area contributed by atoms with E-state index in [1.165, 1.54) is 14.2 Å². The topological polar surface area (TPSA) is 46.6 Å². The highest BCUT2D eigenvalue weighted by molar-refractivity contribution is 7.89. The number of benzene rings is 2. The van der Waals surface area contributed by atoms with Gasteiger partial charge < -0.3 is 4.74 Å². The number of halogens is 3. The third kappa shape index (κ3) is 3.48. The summed E-state index contributed by atoms with van der Waals surface area (Å²) < 4.78 is 70.5. The first-order valence-electron chi connectivity index (χ1n) is 6.50. The Labute approximate surface area is 132 Å². The summed E-state index contributed by atoms with van der Waals surface area (Å²) >= 11 is 0. The minimum absolute atomic E-state index is 0.0853. The predicted octanol–water partition coefficient (Wildman–Crippen LogP) is 2.93. The molecule has 2 aromatic carbocycles. The van der Waals surface area contributed by atoms with E-state index in [2.05, 4.69) is 0 Å². The fourth-order valence-electron chi connectivity index (χ4n) is 1.99. The molecule has 0 atom stereocenters. The van der Waals surface area contributed by atoms with Crippen LogP contribution in [0.1, 0.15) is 5.56 Å². The van der Waals surface area contributed by atoms with Crippen molar-refractivity contribution >= 4 is 10.0 Å². The van der Waals surface area contributed by atoms with Crippen LogP contribution >= 0.6 is 0 Å². The van der Waals surface area contributed by atoms with Crippen molar-refractivity contribution in [3.63, 3.8) is 0 Å². The van der Waals surface area contributed by atoms with E-state index in [-0.39, 0.29) is 6.54 Å². The first-order chi connectivity index (χ1) is 10.8. The largest absolute Gasteiger partial charge is 0.497 e. The van der Waals surface area contributed by atoms with Crippen LogP contribution in [0.5, 0.6) is 5.75 Å². The van der Waals surface area contributed by atoms with Crippen LogP contribution in [0.4, 0.5) is 13.2 Å². The Hall–Kier alpha value is -2.06. The lowest BCUT2D eigenvalue weighted by Gasteiger charge is -2.18. The Bertz CT molecular complexity index is 825. The maximum Gasteiger partial charge on any atom is 0.246 e. The molecule has 23 heavy (non-hydrogen) atoms. The number of ether oxygens (including phenoxy) is 1. The van der Waals surface area contributed by atoms with Crippen molar-refractivity contribution < 1.29 is 26.3 Å². The van der Waals surface area contributed by atoms with Gasteiger partial charge in [0.1, 0.15) is 10.6 Å². The van der Waals surface area contributed by atoms with Gasteiger partial charge in [-0.2, -0.15) is 4.31 Å². The summed E-state index contributed by atoms with van der Waals surface area (Å²) in [5, 5.41) is 0. The lowest BCUT2D eigenvalue weighted by molar-refractivity contribution is 0.411. The van der Waals surface area contributed by atoms with Gasteiger partial charge in [0.15, 0.2) is 17.5 Å². The third-order valence-corrected chi connectivity index (χ3v) is 5.05. The summed E-state index contributed by atoms with van der Waals surface area (Å²) in [5.41, 5.74) is 0.596. The van der Waals surface area contributed by atoms with E-state index in [0.29, 0.717) is 23.4 Å². The van der Waals surface area contributed by atoms with Gasteiger partial charge in [0, 0.05) is 13.6 Å². The maximum absolute atomic E-state index is 13.7. The zero-order chi connectivity index (χ0) is 17.2. The van der Waals surface area contributed by atoms with Gasteiger partial charge in [-0.05, 0) is 29.8 Å². The number of nitrogens with zero attached hydrogens (tertiary/aromatic N) is 1. The molecule has 0 N–H and O–H groups in total. The molecule has 0 bridgehead atoms. The van der Waals surface area contributed by atoms with Crippen molar-refractivity contribution in [2.45, 2.75) is 11.4 Å². The Morgan fingerprint density at radius 2 is 1.78 bits per heavy atom. The summed E-state index contributed by atoms with van der Waals surface area (Å²) in [4.78, 5) is -0.915. The quantitative estimate of drug-likeness (QED) is 0.783. The van der Waals surface area contributed by atoms with E-state index in [0.717, 1.165) is 4.31 Å². The van der Waals surface area contributed by atoms with Gasteiger partial charge in [0.2, 0.25) is 10.0 Å². The fraction of sp³-hybridized carbons (Fsp3) is 0.200. The van der Waals surface area contributed by atoms with Crippen LogP contribution < -0.4 is 4.74 Å². The number of sulfonamides is 1. The molecule has 0 amide bonds. The summed E-state index contributed by atoms with van der Waals surface area (Å²) in [6, 6.07) is 7.92. The minimum atomic E-state index is -4.32. The minimum Gasteiger partial charge on any atom is -0.497 e. The second kappa shape index (κ2) is 6.59. The van der Waals surface area contributed by atoms with Crippen molar-refractivity contribution in [3.05, 3.63) is 59.4 Å². The van der Waals surface area contributed by atoms with Gasteiger partial charge in [0.05, 0.1) is 7.11 Å². The van der Waals surface area contributed by atoms with Crippen LogP contribution in [0.25, 0.3) is 0 Å². The van der Waals surface area contributed by atoms with E-state index in [9.17, 15) is 21.6 Å². The zero-order valence-electron chi connectivity index (χ0n) is 12.4. The van der Waals surface area contributed by atoms with Crippen LogP contribution in [0.2, 0.25) is 0 Å². The zero-order valence-corrected chi connectivity index (χ0v) is 13.2. The van der Waals surface area contributed by atoms with E-state index < -0.39 is 32.4 Å². The fourth-order valence-corrected chi connectivity index (χ4v) is 3.20. The number of hydrogen-bond acceptors (Lipinski definition) is 3. The Morgan fingerprint density at radius 1 is 1.09 bits per heavy atom. The number of rotatable bonds is 5. The van der Waals surface area contributed by atoms with E-state index in [4.69, 9.17) is 4.74 Å². The average molecular weight is 345 g/mol. The molecule has 0 aromatic heterocycles. The Balaban J connectivity index is 2.34. The molecule has 0 heterocycles. The molecule has 0 unspecified atom stereocenters. The average Bonchev–Trinajstić information content (AvgIpc) is 2.52. The Morgan fingerprint density at radius 3 is 2.43 bits per heavy atom. The monoisotopic (exact) mass is 345 g/mol. The van der Waals surface area contributed by atoms with Crippen LogP contribution in [0.15, 0.2) is 41.3 Å². The van der Waals surface area contributed by atoms with Crippen LogP contribution in [0.3, 0.4) is 0 Å². The highest BCUT2D eigenvalue weighted by atomic mass is 32.2. The lowest BCUT2D eigenvalue weighted by atomic mass is 10.2. The molecule has 0 radical (unpaired) electrons. The van der Waals surface area contributed by atoms with Gasteiger partial charge in [-0.25, -0.2) is 21.6 Å². The molecule has 2 aromatic rings. The standard InChI is InChI=1S/C15H14F3NO3S/c1-19(9-10-4-3-5-11(8-10)22-2)23(20,21)13-7-6-12(16)14(17)15(13)18/h3-8H,9H2,1-2H3. The third-order valence-electron chi connectivity index (χ3n) is 3.23. The molecule has 8 heteroatoms. The molecule has 0 aliphatic carbocycles. The molecular weight excluding hydrogens is 331 g/mol. The van der Waals surface area contributed by atoms with Gasteiger partial charge in [0.25, 0.3) is 0 Å². The summed E-state index contributed by atoms with van der Waals surface area (Å²) in [7, 11) is -1.63. The van der Waals surface area contributed by atoms with Gasteiger partial charge in [-0.3, -0.25) is 0 Å². The molecule has 124 valence electrons. The van der Waals surface area contributed by atoms with Crippen molar-refractivity contribution in [3.8, 4) is 5.75 Å². The second-order valence-corrected chi connectivity index (χ2v) is 6.80. The summed E-state index contributed by atoms with van der Waals surface area (Å²) in [5.74, 6) is -4.47. The highest BCUT2D eigenvalue weighted by Gasteiger charge is 2.27. The first-order valence-corrected chi connectivity index (χ1v) is 7.94. The van der Waals surface area contributed by atoms with Crippen molar-refractivity contribution in [1.29, 1.82) is 0 Å². The lowest BCUT2D eigenvalue weighted by Crippen LogP contribution is -2.27. The van der Waals surface area contributed by atoms with Gasteiger partial charge in [-0.1, -0.05) is 12.1 Å². The van der Waals surface area contributed by atoms with Gasteiger partial charge in [-0.15, -0.1) is 0 Å². The molecule has 0 aliphatic heterocycles. The van der Waals surface area contributed by atoms with Crippen molar-refractivity contribution in [1.82, 2.24) is 4.31 Å². The predicted molar refractivity (Wildman–Crippen MR) is 78.0 cm³/mol. The van der Waals surface area contributed by atoms with Crippen molar-refractivity contribution in [2.24, 2.45) is 0 Å². The molecule has 0 spiro atoms. The van der Waals surface area contributed by atoms with Crippen molar-refractivity contribution in [2.75, 3.05) is 14.2 Å². The van der Waals surface area contributed by atoms with E-state index in [1.54, 1.807) is 24.3 Å². The van der Waals surface area contributed by atoms with Crippen LogP contribution in [-0.4, -0.2) is 26.9 Å².